The Labute approximate surface area is 168 Å². The Hall–Kier alpha value is -2.49. The molecule has 0 spiro atoms. The molecule has 0 bridgehead atoms. The summed E-state index contributed by atoms with van der Waals surface area (Å²) in [7, 11) is 0. The number of carbonyl (C=O) groups excluding carboxylic acids is 1. The van der Waals surface area contributed by atoms with E-state index in [0.29, 0.717) is 6.42 Å². The van der Waals surface area contributed by atoms with Crippen LogP contribution in [0.4, 0.5) is 0 Å². The van der Waals surface area contributed by atoms with Gasteiger partial charge in [-0.05, 0) is 70.4 Å². The molecule has 4 heteroatoms. The maximum atomic E-state index is 13.0. The zero-order valence-corrected chi connectivity index (χ0v) is 17.8. The average Bonchev–Trinajstić information content (AvgIpc) is 2.62. The van der Waals surface area contributed by atoms with Crippen LogP contribution in [0.15, 0.2) is 36.4 Å². The van der Waals surface area contributed by atoms with Gasteiger partial charge in [-0.15, -0.1) is 0 Å². The van der Waals surface area contributed by atoms with Crippen molar-refractivity contribution in [2.24, 2.45) is 0 Å². The molecular formula is C24H31NO3. The molecule has 2 aromatic rings. The van der Waals surface area contributed by atoms with E-state index in [-0.39, 0.29) is 17.6 Å². The summed E-state index contributed by atoms with van der Waals surface area (Å²) in [6.45, 7) is 12.2. The van der Waals surface area contributed by atoms with E-state index in [1.54, 1.807) is 0 Å². The number of aryl methyl sites for hydroxylation is 3. The van der Waals surface area contributed by atoms with Gasteiger partial charge in [0, 0.05) is 12.0 Å². The zero-order chi connectivity index (χ0) is 20.5. The van der Waals surface area contributed by atoms with E-state index in [1.807, 2.05) is 44.2 Å². The SMILES string of the molecule is CCC(Oc1ccc(C)c(C)c1)C(=O)NC1CC(C)(C)Oc2ccc(C)cc21. The second kappa shape index (κ2) is 7.86. The molecule has 0 saturated carbocycles. The maximum Gasteiger partial charge on any atom is 0.261 e. The first-order valence-electron chi connectivity index (χ1n) is 10.0. The third-order valence-electron chi connectivity index (χ3n) is 5.36. The first-order valence-corrected chi connectivity index (χ1v) is 10.0. The smallest absolute Gasteiger partial charge is 0.261 e. The van der Waals surface area contributed by atoms with E-state index in [2.05, 4.69) is 39.1 Å². The average molecular weight is 382 g/mol. The summed E-state index contributed by atoms with van der Waals surface area (Å²) in [6, 6.07) is 12.0. The van der Waals surface area contributed by atoms with Gasteiger partial charge in [-0.2, -0.15) is 0 Å². The van der Waals surface area contributed by atoms with E-state index >= 15 is 0 Å². The molecule has 0 fully saturated rings. The van der Waals surface area contributed by atoms with Crippen molar-refractivity contribution in [1.82, 2.24) is 5.32 Å². The second-order valence-corrected chi connectivity index (χ2v) is 8.43. The summed E-state index contributed by atoms with van der Waals surface area (Å²) in [5.74, 6) is 1.49. The number of amides is 1. The fourth-order valence-corrected chi connectivity index (χ4v) is 3.64. The third-order valence-corrected chi connectivity index (χ3v) is 5.36. The van der Waals surface area contributed by atoms with E-state index in [4.69, 9.17) is 9.47 Å². The fraction of sp³-hybridized carbons (Fsp3) is 0.458. The molecule has 2 unspecified atom stereocenters. The lowest BCUT2D eigenvalue weighted by atomic mass is 9.88. The monoisotopic (exact) mass is 381 g/mol. The van der Waals surface area contributed by atoms with Gasteiger partial charge in [-0.3, -0.25) is 4.79 Å². The van der Waals surface area contributed by atoms with Crippen molar-refractivity contribution in [3.05, 3.63) is 58.7 Å². The first-order chi connectivity index (χ1) is 13.2. The number of carbonyl (C=O) groups is 1. The van der Waals surface area contributed by atoms with E-state index in [0.717, 1.165) is 34.6 Å². The summed E-state index contributed by atoms with van der Waals surface area (Å²) in [5.41, 5.74) is 4.22. The molecule has 28 heavy (non-hydrogen) atoms. The Kier molecular flexibility index (Phi) is 5.69. The molecule has 4 nitrogen and oxygen atoms in total. The molecule has 2 aromatic carbocycles. The van der Waals surface area contributed by atoms with Crippen LogP contribution in [0.25, 0.3) is 0 Å². The van der Waals surface area contributed by atoms with Gasteiger partial charge in [0.2, 0.25) is 0 Å². The van der Waals surface area contributed by atoms with Crippen molar-refractivity contribution in [2.45, 2.75) is 72.1 Å². The summed E-state index contributed by atoms with van der Waals surface area (Å²) < 4.78 is 12.1. The van der Waals surface area contributed by atoms with Crippen molar-refractivity contribution in [3.63, 3.8) is 0 Å². The first kappa shape index (κ1) is 20.2. The Balaban J connectivity index is 1.78. The van der Waals surface area contributed by atoms with Crippen LogP contribution in [0.1, 0.15) is 61.9 Å². The van der Waals surface area contributed by atoms with Gasteiger partial charge in [-0.1, -0.05) is 30.7 Å². The molecule has 0 saturated heterocycles. The quantitative estimate of drug-likeness (QED) is 0.775. The van der Waals surface area contributed by atoms with Crippen molar-refractivity contribution in [1.29, 1.82) is 0 Å². The normalized spacial score (nSPS) is 18.6. The summed E-state index contributed by atoms with van der Waals surface area (Å²) >= 11 is 0. The minimum absolute atomic E-state index is 0.0871. The largest absolute Gasteiger partial charge is 0.487 e. The van der Waals surface area contributed by atoms with Crippen molar-refractivity contribution < 1.29 is 14.3 Å². The second-order valence-electron chi connectivity index (χ2n) is 8.43. The standard InChI is InChI=1S/C24H31NO3/c1-7-21(27-18-10-9-16(3)17(4)13-18)23(26)25-20-14-24(5,6)28-22-11-8-15(2)12-19(20)22/h8-13,20-21H,7,14H2,1-6H3,(H,25,26). The van der Waals surface area contributed by atoms with Gasteiger partial charge in [0.1, 0.15) is 17.1 Å². The number of benzene rings is 2. The number of ether oxygens (including phenoxy) is 2. The van der Waals surface area contributed by atoms with Gasteiger partial charge in [-0.25, -0.2) is 0 Å². The maximum absolute atomic E-state index is 13.0. The van der Waals surface area contributed by atoms with E-state index in [1.165, 1.54) is 5.56 Å². The molecule has 1 amide bonds. The van der Waals surface area contributed by atoms with Gasteiger partial charge < -0.3 is 14.8 Å². The summed E-state index contributed by atoms with van der Waals surface area (Å²) in [6.07, 6.45) is 0.794. The lowest BCUT2D eigenvalue weighted by Crippen LogP contribution is -2.45. The summed E-state index contributed by atoms with van der Waals surface area (Å²) in [4.78, 5) is 13.0. The molecule has 0 radical (unpaired) electrons. The Bertz CT molecular complexity index is 872. The van der Waals surface area contributed by atoms with Crippen molar-refractivity contribution >= 4 is 5.91 Å². The van der Waals surface area contributed by atoms with Crippen LogP contribution in [0, 0.1) is 20.8 Å². The highest BCUT2D eigenvalue weighted by Crippen LogP contribution is 2.40. The minimum atomic E-state index is -0.527. The fourth-order valence-electron chi connectivity index (χ4n) is 3.64. The van der Waals surface area contributed by atoms with Gasteiger partial charge >= 0.3 is 0 Å². The topological polar surface area (TPSA) is 47.6 Å². The molecule has 2 atom stereocenters. The molecule has 1 aliphatic heterocycles. The molecular weight excluding hydrogens is 350 g/mol. The van der Waals surface area contributed by atoms with Crippen LogP contribution in [-0.2, 0) is 4.79 Å². The van der Waals surface area contributed by atoms with Crippen molar-refractivity contribution in [2.75, 3.05) is 0 Å². The molecule has 1 N–H and O–H groups in total. The van der Waals surface area contributed by atoms with Crippen LogP contribution >= 0.6 is 0 Å². The molecule has 1 heterocycles. The lowest BCUT2D eigenvalue weighted by molar-refractivity contribution is -0.129. The van der Waals surface area contributed by atoms with Crippen LogP contribution in [-0.4, -0.2) is 17.6 Å². The number of fused-ring (bicyclic) bond motifs is 1. The summed E-state index contributed by atoms with van der Waals surface area (Å²) in [5, 5.41) is 3.21. The van der Waals surface area contributed by atoms with Crippen LogP contribution in [0.5, 0.6) is 11.5 Å². The Morgan fingerprint density at radius 3 is 2.61 bits per heavy atom. The van der Waals surface area contributed by atoms with E-state index < -0.39 is 6.10 Å². The van der Waals surface area contributed by atoms with Crippen LogP contribution in [0.2, 0.25) is 0 Å². The number of hydrogen-bond donors (Lipinski definition) is 1. The van der Waals surface area contributed by atoms with E-state index in [9.17, 15) is 4.79 Å². The predicted molar refractivity (Wildman–Crippen MR) is 112 cm³/mol. The highest BCUT2D eigenvalue weighted by molar-refractivity contribution is 5.81. The minimum Gasteiger partial charge on any atom is -0.487 e. The van der Waals surface area contributed by atoms with Gasteiger partial charge in [0.05, 0.1) is 6.04 Å². The Morgan fingerprint density at radius 2 is 1.93 bits per heavy atom. The highest BCUT2D eigenvalue weighted by Gasteiger charge is 2.35. The molecule has 1 aliphatic rings. The molecule has 0 aliphatic carbocycles. The molecule has 150 valence electrons. The Morgan fingerprint density at radius 1 is 1.18 bits per heavy atom. The lowest BCUT2D eigenvalue weighted by Gasteiger charge is -2.38. The van der Waals surface area contributed by atoms with Gasteiger partial charge in [0.15, 0.2) is 6.10 Å². The number of rotatable bonds is 5. The third kappa shape index (κ3) is 4.49. The zero-order valence-electron chi connectivity index (χ0n) is 17.8. The number of nitrogens with one attached hydrogen (secondary N) is 1. The van der Waals surface area contributed by atoms with Gasteiger partial charge in [0.25, 0.3) is 5.91 Å². The highest BCUT2D eigenvalue weighted by atomic mass is 16.5. The van der Waals surface area contributed by atoms with Crippen molar-refractivity contribution in [3.8, 4) is 11.5 Å². The molecule has 3 rings (SSSR count). The number of hydrogen-bond acceptors (Lipinski definition) is 3. The predicted octanol–water partition coefficient (Wildman–Crippen LogP) is 5.19. The van der Waals surface area contributed by atoms with Crippen LogP contribution in [0.3, 0.4) is 0 Å². The molecule has 0 aromatic heterocycles. The van der Waals surface area contributed by atoms with Crippen LogP contribution < -0.4 is 14.8 Å².